The summed E-state index contributed by atoms with van der Waals surface area (Å²) in [6, 6.07) is 4.67. The van der Waals surface area contributed by atoms with Crippen LogP contribution in [0, 0.1) is 5.82 Å². The first-order valence-electron chi connectivity index (χ1n) is 5.24. The molecular formula is C11H12ClFN4. The molecule has 0 saturated heterocycles. The van der Waals surface area contributed by atoms with Crippen LogP contribution in [-0.4, -0.2) is 21.7 Å². The number of H-pyrrole nitrogens is 1. The highest BCUT2D eigenvalue weighted by atomic mass is 35.5. The predicted octanol–water partition coefficient (Wildman–Crippen LogP) is 1.93. The van der Waals surface area contributed by atoms with Crippen molar-refractivity contribution in [2.24, 2.45) is 0 Å². The number of benzene rings is 1. The summed E-state index contributed by atoms with van der Waals surface area (Å²) in [6.07, 6.45) is 2.20. The van der Waals surface area contributed by atoms with Crippen LogP contribution < -0.4 is 5.32 Å². The Kier molecular flexibility index (Phi) is 4.06. The van der Waals surface area contributed by atoms with E-state index < -0.39 is 0 Å². The van der Waals surface area contributed by atoms with Crippen LogP contribution in [0.25, 0.3) is 0 Å². The fourth-order valence-electron chi connectivity index (χ4n) is 1.45. The molecule has 90 valence electrons. The molecule has 1 heterocycles. The van der Waals surface area contributed by atoms with Gasteiger partial charge in [0.15, 0.2) is 0 Å². The average Bonchev–Trinajstić information content (AvgIpc) is 2.79. The first kappa shape index (κ1) is 12.0. The van der Waals surface area contributed by atoms with Crippen LogP contribution in [0.3, 0.4) is 0 Å². The molecule has 1 aromatic heterocycles. The SMILES string of the molecule is Fc1cc(Cl)ccc1CNCCc1ncn[nH]1. The summed E-state index contributed by atoms with van der Waals surface area (Å²) >= 11 is 5.67. The molecule has 0 aliphatic heterocycles. The molecule has 17 heavy (non-hydrogen) atoms. The number of nitrogens with one attached hydrogen (secondary N) is 2. The molecule has 1 aromatic carbocycles. The number of nitrogens with zero attached hydrogens (tertiary/aromatic N) is 2. The first-order valence-corrected chi connectivity index (χ1v) is 5.62. The minimum atomic E-state index is -0.287. The molecule has 0 radical (unpaired) electrons. The molecular weight excluding hydrogens is 243 g/mol. The molecule has 0 amide bonds. The molecule has 0 aliphatic carbocycles. The Morgan fingerprint density at radius 3 is 3.00 bits per heavy atom. The number of aromatic nitrogens is 3. The fraction of sp³-hybridized carbons (Fsp3) is 0.273. The van der Waals surface area contributed by atoms with Crippen LogP contribution in [0.4, 0.5) is 4.39 Å². The highest BCUT2D eigenvalue weighted by molar-refractivity contribution is 6.30. The van der Waals surface area contributed by atoms with Gasteiger partial charge in [-0.05, 0) is 12.1 Å². The van der Waals surface area contributed by atoms with Gasteiger partial charge in [-0.2, -0.15) is 5.10 Å². The summed E-state index contributed by atoms with van der Waals surface area (Å²) in [5, 5.41) is 10.0. The zero-order chi connectivity index (χ0) is 12.1. The average molecular weight is 255 g/mol. The molecule has 4 nitrogen and oxygen atoms in total. The van der Waals surface area contributed by atoms with Gasteiger partial charge in [0.1, 0.15) is 18.0 Å². The van der Waals surface area contributed by atoms with E-state index in [0.29, 0.717) is 23.7 Å². The standard InChI is InChI=1S/C11H12ClFN4/c12-9-2-1-8(10(13)5-9)6-14-4-3-11-15-7-16-17-11/h1-2,5,7,14H,3-4,6H2,(H,15,16,17). The first-order chi connectivity index (χ1) is 8.25. The van der Waals surface area contributed by atoms with Crippen molar-refractivity contribution in [1.29, 1.82) is 0 Å². The van der Waals surface area contributed by atoms with Crippen LogP contribution >= 0.6 is 11.6 Å². The zero-order valence-electron chi connectivity index (χ0n) is 9.08. The summed E-state index contributed by atoms with van der Waals surface area (Å²) in [5.41, 5.74) is 0.604. The van der Waals surface area contributed by atoms with Gasteiger partial charge in [-0.1, -0.05) is 17.7 Å². The van der Waals surface area contributed by atoms with Crippen LogP contribution in [0.2, 0.25) is 5.02 Å². The summed E-state index contributed by atoms with van der Waals surface area (Å²) in [4.78, 5) is 3.99. The van der Waals surface area contributed by atoms with Gasteiger partial charge < -0.3 is 5.32 Å². The molecule has 0 atom stereocenters. The van der Waals surface area contributed by atoms with Gasteiger partial charge in [-0.15, -0.1) is 0 Å². The second kappa shape index (κ2) is 5.75. The molecule has 2 rings (SSSR count). The number of hydrogen-bond donors (Lipinski definition) is 2. The monoisotopic (exact) mass is 254 g/mol. The molecule has 0 saturated carbocycles. The summed E-state index contributed by atoms with van der Waals surface area (Å²) in [6.45, 7) is 1.17. The Morgan fingerprint density at radius 2 is 2.29 bits per heavy atom. The van der Waals surface area contributed by atoms with Crippen molar-refractivity contribution < 1.29 is 4.39 Å². The van der Waals surface area contributed by atoms with Crippen LogP contribution in [0.5, 0.6) is 0 Å². The predicted molar refractivity (Wildman–Crippen MR) is 63.2 cm³/mol. The smallest absolute Gasteiger partial charge is 0.137 e. The molecule has 0 spiro atoms. The van der Waals surface area contributed by atoms with Crippen LogP contribution in [-0.2, 0) is 13.0 Å². The lowest BCUT2D eigenvalue weighted by Crippen LogP contribution is -2.18. The quantitative estimate of drug-likeness (QED) is 0.802. The van der Waals surface area contributed by atoms with Crippen molar-refractivity contribution in [1.82, 2.24) is 20.5 Å². The minimum Gasteiger partial charge on any atom is -0.312 e. The largest absolute Gasteiger partial charge is 0.312 e. The lowest BCUT2D eigenvalue weighted by molar-refractivity contribution is 0.586. The molecule has 2 aromatic rings. The van der Waals surface area contributed by atoms with Crippen molar-refractivity contribution in [2.45, 2.75) is 13.0 Å². The van der Waals surface area contributed by atoms with Crippen molar-refractivity contribution in [3.05, 3.63) is 46.8 Å². The third-order valence-electron chi connectivity index (χ3n) is 2.33. The van der Waals surface area contributed by atoms with E-state index in [1.807, 2.05) is 0 Å². The van der Waals surface area contributed by atoms with Crippen molar-refractivity contribution in [3.63, 3.8) is 0 Å². The Bertz CT molecular complexity index is 472. The van der Waals surface area contributed by atoms with E-state index in [9.17, 15) is 4.39 Å². The van der Waals surface area contributed by atoms with Crippen LogP contribution in [0.15, 0.2) is 24.5 Å². The van der Waals surface area contributed by atoms with E-state index in [1.165, 1.54) is 12.4 Å². The molecule has 0 unspecified atom stereocenters. The molecule has 0 bridgehead atoms. The van der Waals surface area contributed by atoms with E-state index in [2.05, 4.69) is 20.5 Å². The second-order valence-electron chi connectivity index (χ2n) is 3.59. The highest BCUT2D eigenvalue weighted by Gasteiger charge is 2.02. The Morgan fingerprint density at radius 1 is 1.41 bits per heavy atom. The van der Waals surface area contributed by atoms with Crippen LogP contribution in [0.1, 0.15) is 11.4 Å². The highest BCUT2D eigenvalue weighted by Crippen LogP contribution is 2.14. The fourth-order valence-corrected chi connectivity index (χ4v) is 1.60. The maximum atomic E-state index is 13.4. The van der Waals surface area contributed by atoms with Gasteiger partial charge >= 0.3 is 0 Å². The van der Waals surface area contributed by atoms with E-state index in [4.69, 9.17) is 11.6 Å². The van der Waals surface area contributed by atoms with E-state index >= 15 is 0 Å². The van der Waals surface area contributed by atoms with Gasteiger partial charge in [-0.25, -0.2) is 9.37 Å². The number of halogens is 2. The number of aromatic amines is 1. The maximum absolute atomic E-state index is 13.4. The van der Waals surface area contributed by atoms with Crippen molar-refractivity contribution in [3.8, 4) is 0 Å². The van der Waals surface area contributed by atoms with E-state index in [0.717, 1.165) is 12.2 Å². The van der Waals surface area contributed by atoms with E-state index in [-0.39, 0.29) is 5.82 Å². The Balaban J connectivity index is 1.78. The molecule has 0 fully saturated rings. The van der Waals surface area contributed by atoms with Gasteiger partial charge in [-0.3, -0.25) is 5.10 Å². The van der Waals surface area contributed by atoms with Gasteiger partial charge in [0, 0.05) is 30.1 Å². The van der Waals surface area contributed by atoms with Gasteiger partial charge in [0.2, 0.25) is 0 Å². The summed E-state index contributed by atoms with van der Waals surface area (Å²) in [7, 11) is 0. The normalized spacial score (nSPS) is 10.7. The Labute approximate surface area is 103 Å². The number of hydrogen-bond acceptors (Lipinski definition) is 3. The molecule has 2 N–H and O–H groups in total. The van der Waals surface area contributed by atoms with Crippen molar-refractivity contribution in [2.75, 3.05) is 6.54 Å². The third kappa shape index (κ3) is 3.51. The van der Waals surface area contributed by atoms with E-state index in [1.54, 1.807) is 12.1 Å². The zero-order valence-corrected chi connectivity index (χ0v) is 9.84. The summed E-state index contributed by atoms with van der Waals surface area (Å²) < 4.78 is 13.4. The molecule has 0 aliphatic rings. The Hall–Kier alpha value is -1.46. The van der Waals surface area contributed by atoms with Gasteiger partial charge in [0.05, 0.1) is 0 Å². The lowest BCUT2D eigenvalue weighted by atomic mass is 10.2. The summed E-state index contributed by atoms with van der Waals surface area (Å²) in [5.74, 6) is 0.527. The topological polar surface area (TPSA) is 53.6 Å². The van der Waals surface area contributed by atoms with Crippen molar-refractivity contribution >= 4 is 11.6 Å². The lowest BCUT2D eigenvalue weighted by Gasteiger charge is -2.05. The second-order valence-corrected chi connectivity index (χ2v) is 4.03. The number of rotatable bonds is 5. The minimum absolute atomic E-state index is 0.287. The van der Waals surface area contributed by atoms with Gasteiger partial charge in [0.25, 0.3) is 0 Å². The maximum Gasteiger partial charge on any atom is 0.137 e. The molecule has 6 heteroatoms. The third-order valence-corrected chi connectivity index (χ3v) is 2.57.